The van der Waals surface area contributed by atoms with E-state index in [1.165, 1.54) is 0 Å². The fourth-order valence-corrected chi connectivity index (χ4v) is 10.9. The molecular formula is C74H76N14O7. The number of H-pyrrole nitrogens is 4. The van der Waals surface area contributed by atoms with Crippen molar-refractivity contribution >= 4 is 67.8 Å². The highest BCUT2D eigenvalue weighted by Crippen LogP contribution is 2.32. The summed E-state index contributed by atoms with van der Waals surface area (Å²) in [5.41, 5.74) is 16.9. The Morgan fingerprint density at radius 1 is 0.316 bits per heavy atom. The summed E-state index contributed by atoms with van der Waals surface area (Å²) >= 11 is 0. The predicted molar refractivity (Wildman–Crippen MR) is 372 cm³/mol. The number of carbonyl (C=O) groups is 4. The Bertz CT molecular complexity index is 4340. The molecule has 484 valence electrons. The quantitative estimate of drug-likeness (QED) is 0.0195. The van der Waals surface area contributed by atoms with E-state index in [-0.39, 0.29) is 23.6 Å². The molecule has 0 atom stereocenters. The van der Waals surface area contributed by atoms with Crippen LogP contribution < -0.4 is 21.3 Å². The molecule has 0 unspecified atom stereocenters. The van der Waals surface area contributed by atoms with Crippen molar-refractivity contribution in [2.24, 2.45) is 0 Å². The maximum atomic E-state index is 13.0. The SMILES string of the molecule is CN(C)CCNC(=O)c1ccc(-c2nc3ccc(-c4ccc5nc(-c6ccc(C(=O)NCCCOCCOCCOCCCNC(=O)c7ccc(-c8nc9ccc(-c%10ccc%11nc(-c%12ccc(C(=O)NCCN(C)C)cc%12)[nH]c%11c%10)cc9[nH]8)cc7)cc6)[nH]c5c4)cc3[nH]2)cc1. The Kier molecular flexibility index (Phi) is 20.6. The topological polar surface area (TPSA) is 265 Å². The van der Waals surface area contributed by atoms with Crippen LogP contribution in [0.2, 0.25) is 0 Å². The first-order chi connectivity index (χ1) is 46.3. The van der Waals surface area contributed by atoms with E-state index in [0.29, 0.717) is 113 Å². The van der Waals surface area contributed by atoms with Gasteiger partial charge in [0.2, 0.25) is 0 Å². The summed E-state index contributed by atoms with van der Waals surface area (Å²) in [7, 11) is 7.89. The Morgan fingerprint density at radius 3 is 0.800 bits per heavy atom. The van der Waals surface area contributed by atoms with Gasteiger partial charge in [-0.3, -0.25) is 19.2 Å². The van der Waals surface area contributed by atoms with E-state index in [0.717, 1.165) is 113 Å². The third-order valence-electron chi connectivity index (χ3n) is 16.2. The molecule has 8 aromatic carbocycles. The van der Waals surface area contributed by atoms with Crippen molar-refractivity contribution in [3.8, 4) is 67.8 Å². The van der Waals surface area contributed by atoms with Crippen molar-refractivity contribution in [2.75, 3.05) is 107 Å². The molecule has 95 heavy (non-hydrogen) atoms. The van der Waals surface area contributed by atoms with Gasteiger partial charge in [-0.15, -0.1) is 0 Å². The second-order valence-electron chi connectivity index (χ2n) is 23.8. The van der Waals surface area contributed by atoms with Crippen LogP contribution in [0, 0.1) is 0 Å². The van der Waals surface area contributed by atoms with Gasteiger partial charge in [0.05, 0.1) is 70.6 Å². The molecule has 0 saturated heterocycles. The fourth-order valence-electron chi connectivity index (χ4n) is 10.9. The molecule has 0 fully saturated rings. The Balaban J connectivity index is 0.502. The summed E-state index contributed by atoms with van der Waals surface area (Å²) in [6.45, 7) is 6.32. The molecule has 0 bridgehead atoms. The van der Waals surface area contributed by atoms with Crippen LogP contribution in [0.5, 0.6) is 0 Å². The van der Waals surface area contributed by atoms with Crippen LogP contribution in [0.15, 0.2) is 170 Å². The summed E-state index contributed by atoms with van der Waals surface area (Å²) in [5.74, 6) is 2.35. The zero-order valence-corrected chi connectivity index (χ0v) is 53.6. The number of nitrogens with zero attached hydrogens (tertiary/aromatic N) is 6. The number of carbonyl (C=O) groups excluding carboxylic acids is 4. The van der Waals surface area contributed by atoms with Crippen LogP contribution in [0.4, 0.5) is 0 Å². The maximum absolute atomic E-state index is 13.0. The third kappa shape index (κ3) is 16.4. The molecule has 0 aliphatic heterocycles. The average Bonchev–Trinajstić information content (AvgIpc) is 1.69. The van der Waals surface area contributed by atoms with Crippen molar-refractivity contribution in [1.29, 1.82) is 0 Å². The highest BCUT2D eigenvalue weighted by molar-refractivity contribution is 5.98. The zero-order chi connectivity index (χ0) is 65.6. The lowest BCUT2D eigenvalue weighted by atomic mass is 10.0. The van der Waals surface area contributed by atoms with Crippen molar-refractivity contribution in [3.05, 3.63) is 192 Å². The van der Waals surface area contributed by atoms with Gasteiger partial charge in [0.25, 0.3) is 23.6 Å². The normalized spacial score (nSPS) is 11.6. The van der Waals surface area contributed by atoms with Gasteiger partial charge in [0, 0.05) is 97.0 Å². The van der Waals surface area contributed by atoms with Gasteiger partial charge in [-0.25, -0.2) is 19.9 Å². The molecule has 4 amide bonds. The fraction of sp³-hybridized carbons (Fsp3) is 0.243. The number of likely N-dealkylation sites (N-methyl/N-ethyl adjacent to an activating group) is 2. The number of aromatic nitrogens is 8. The summed E-state index contributed by atoms with van der Waals surface area (Å²) in [6, 6.07) is 54.2. The molecule has 0 saturated carbocycles. The lowest BCUT2D eigenvalue weighted by Gasteiger charge is -2.10. The molecule has 21 heteroatoms. The van der Waals surface area contributed by atoms with Gasteiger partial charge >= 0.3 is 0 Å². The van der Waals surface area contributed by atoms with Crippen molar-refractivity contribution in [1.82, 2.24) is 70.9 Å². The van der Waals surface area contributed by atoms with Gasteiger partial charge in [-0.05, 0) is 160 Å². The lowest BCUT2D eigenvalue weighted by Crippen LogP contribution is -2.31. The van der Waals surface area contributed by atoms with Crippen LogP contribution in [0.1, 0.15) is 54.3 Å². The first kappa shape index (κ1) is 64.4. The van der Waals surface area contributed by atoms with Crippen molar-refractivity contribution in [2.45, 2.75) is 12.8 Å². The van der Waals surface area contributed by atoms with Crippen LogP contribution in [-0.4, -0.2) is 180 Å². The van der Waals surface area contributed by atoms with E-state index in [1.807, 2.05) is 135 Å². The molecule has 0 aliphatic carbocycles. The van der Waals surface area contributed by atoms with Crippen LogP contribution >= 0.6 is 0 Å². The van der Waals surface area contributed by atoms with E-state index in [2.05, 4.69) is 89.7 Å². The first-order valence-electron chi connectivity index (χ1n) is 31.9. The molecule has 4 heterocycles. The molecule has 0 aliphatic rings. The maximum Gasteiger partial charge on any atom is 0.251 e. The number of ether oxygens (including phenoxy) is 3. The summed E-state index contributed by atoms with van der Waals surface area (Å²) in [4.78, 5) is 88.3. The standard InChI is InChI=1S/C74H76N14O7/c1-87(2)35-33-77-73(91)53-19-11-49(12-20-53)69-81-61-29-25-57(45-65(61)85-69)55-23-27-59-63(43-55)83-67(79-59)47-7-15-51(16-8-47)71(89)75-31-5-37-93-39-41-95-42-40-94-38-6-32-76-72(90)52-17-9-48(10-18-52)68-80-60-28-24-56(44-64(60)84-68)58-26-30-62-66(46-58)86-70(82-62)50-13-21-54(22-14-50)74(92)78-34-36-88(3)4/h7-30,43-46H,5-6,31-42H2,1-4H3,(H,75,89)(H,76,90)(H,77,91)(H,78,92)(H,79,83)(H,80,84)(H,81,85)(H,82,86). The van der Waals surface area contributed by atoms with E-state index < -0.39 is 0 Å². The van der Waals surface area contributed by atoms with E-state index in [1.54, 1.807) is 24.3 Å². The lowest BCUT2D eigenvalue weighted by molar-refractivity contribution is 0.0139. The number of benzene rings is 8. The number of hydrogen-bond donors (Lipinski definition) is 8. The Labute approximate surface area is 549 Å². The van der Waals surface area contributed by atoms with Crippen LogP contribution in [-0.2, 0) is 14.2 Å². The third-order valence-corrected chi connectivity index (χ3v) is 16.2. The molecule has 21 nitrogen and oxygen atoms in total. The Hall–Kier alpha value is -10.7. The number of fused-ring (bicyclic) bond motifs is 4. The van der Waals surface area contributed by atoms with Gasteiger partial charge in [-0.1, -0.05) is 72.8 Å². The molecule has 0 radical (unpaired) electrons. The van der Waals surface area contributed by atoms with Crippen molar-refractivity contribution in [3.63, 3.8) is 0 Å². The van der Waals surface area contributed by atoms with E-state index in [9.17, 15) is 19.2 Å². The molecule has 12 aromatic rings. The summed E-state index contributed by atoms with van der Waals surface area (Å²) in [5, 5.41) is 11.8. The zero-order valence-electron chi connectivity index (χ0n) is 53.6. The number of amides is 4. The Morgan fingerprint density at radius 2 is 0.547 bits per heavy atom. The molecule has 4 aromatic heterocycles. The van der Waals surface area contributed by atoms with Crippen molar-refractivity contribution < 1.29 is 33.4 Å². The minimum atomic E-state index is -0.160. The number of aromatic amines is 4. The smallest absolute Gasteiger partial charge is 0.251 e. The highest BCUT2D eigenvalue weighted by atomic mass is 16.5. The first-order valence-corrected chi connectivity index (χ1v) is 31.9. The molecule has 0 spiro atoms. The van der Waals surface area contributed by atoms with E-state index >= 15 is 0 Å². The molecular weight excluding hydrogens is 1200 g/mol. The van der Waals surface area contributed by atoms with Gasteiger partial charge in [-0.2, -0.15) is 0 Å². The number of imidazole rings is 4. The predicted octanol–water partition coefficient (Wildman–Crippen LogP) is 10.8. The number of nitrogens with one attached hydrogen (secondary N) is 8. The van der Waals surface area contributed by atoms with Gasteiger partial charge in [0.15, 0.2) is 0 Å². The summed E-state index contributed by atoms with van der Waals surface area (Å²) < 4.78 is 17.1. The van der Waals surface area contributed by atoms with E-state index in [4.69, 9.17) is 34.1 Å². The molecule has 12 rings (SSSR count). The highest BCUT2D eigenvalue weighted by Gasteiger charge is 2.16. The average molecular weight is 1270 g/mol. The van der Waals surface area contributed by atoms with Gasteiger partial charge in [0.1, 0.15) is 23.3 Å². The number of rotatable bonds is 30. The minimum absolute atomic E-state index is 0.101. The second-order valence-corrected chi connectivity index (χ2v) is 23.8. The van der Waals surface area contributed by atoms with Crippen LogP contribution in [0.3, 0.4) is 0 Å². The number of hydrogen-bond acceptors (Lipinski definition) is 13. The molecule has 8 N–H and O–H groups in total. The largest absolute Gasteiger partial charge is 0.379 e. The minimum Gasteiger partial charge on any atom is -0.379 e. The van der Waals surface area contributed by atoms with Crippen LogP contribution in [0.25, 0.3) is 112 Å². The van der Waals surface area contributed by atoms with Gasteiger partial charge < -0.3 is 65.2 Å². The monoisotopic (exact) mass is 1270 g/mol. The summed E-state index contributed by atoms with van der Waals surface area (Å²) in [6.07, 6.45) is 1.31. The second kappa shape index (κ2) is 30.4.